The monoisotopic (exact) mass is 256 g/mol. The Morgan fingerprint density at radius 2 is 2.17 bits per heavy atom. The van der Waals surface area contributed by atoms with Gasteiger partial charge in [0.25, 0.3) is 0 Å². The Morgan fingerprint density at radius 3 is 2.72 bits per heavy atom. The Bertz CT molecular complexity index is 366. The molecule has 1 aliphatic heterocycles. The highest BCUT2D eigenvalue weighted by Crippen LogP contribution is 1.96. The predicted molar refractivity (Wildman–Crippen MR) is 61.7 cm³/mol. The van der Waals surface area contributed by atoms with Crippen molar-refractivity contribution in [3.05, 3.63) is 12.2 Å². The van der Waals surface area contributed by atoms with Gasteiger partial charge in [-0.1, -0.05) is 6.58 Å². The van der Waals surface area contributed by atoms with Gasteiger partial charge in [0.15, 0.2) is 6.61 Å². The second-order valence-corrected chi connectivity index (χ2v) is 3.80. The summed E-state index contributed by atoms with van der Waals surface area (Å²) in [6, 6.07) is -0.167. The fraction of sp³-hybridized carbons (Fsp3) is 0.545. The summed E-state index contributed by atoms with van der Waals surface area (Å²) in [4.78, 5) is 34.8. The van der Waals surface area contributed by atoms with Crippen molar-refractivity contribution in [2.45, 2.75) is 6.92 Å². The van der Waals surface area contributed by atoms with E-state index in [1.807, 2.05) is 0 Å². The molecule has 7 heteroatoms. The Kier molecular flexibility index (Phi) is 5.16. The molecule has 0 saturated carbocycles. The Balaban J connectivity index is 2.12. The quantitative estimate of drug-likeness (QED) is 0.520. The molecule has 1 fully saturated rings. The zero-order chi connectivity index (χ0) is 13.5. The minimum atomic E-state index is -0.649. The van der Waals surface area contributed by atoms with Crippen LogP contribution in [0.3, 0.4) is 0 Å². The normalized spacial score (nSPS) is 14.1. The van der Waals surface area contributed by atoms with Gasteiger partial charge >= 0.3 is 18.0 Å². The van der Waals surface area contributed by atoms with Crippen molar-refractivity contribution in [3.63, 3.8) is 0 Å². The van der Waals surface area contributed by atoms with E-state index in [4.69, 9.17) is 4.74 Å². The van der Waals surface area contributed by atoms with Crippen molar-refractivity contribution in [2.24, 2.45) is 0 Å². The van der Waals surface area contributed by atoms with Crippen LogP contribution in [0.25, 0.3) is 0 Å². The summed E-state index contributed by atoms with van der Waals surface area (Å²) in [6.45, 7) is 6.02. The number of hydrogen-bond acceptors (Lipinski definition) is 5. The molecule has 1 aliphatic rings. The van der Waals surface area contributed by atoms with Gasteiger partial charge in [-0.15, -0.1) is 0 Å². The third kappa shape index (κ3) is 4.44. The van der Waals surface area contributed by atoms with Crippen molar-refractivity contribution in [3.8, 4) is 0 Å². The van der Waals surface area contributed by atoms with E-state index in [1.165, 1.54) is 11.8 Å². The van der Waals surface area contributed by atoms with Crippen LogP contribution in [-0.2, 0) is 19.1 Å². The number of esters is 2. The lowest BCUT2D eigenvalue weighted by atomic mass is 10.4. The number of carbonyl (C=O) groups is 3. The number of carbonyl (C=O) groups excluding carboxylic acids is 3. The maximum atomic E-state index is 11.2. The fourth-order valence-electron chi connectivity index (χ4n) is 1.28. The maximum absolute atomic E-state index is 11.2. The molecule has 0 aliphatic carbocycles. The van der Waals surface area contributed by atoms with Crippen molar-refractivity contribution < 1.29 is 23.9 Å². The predicted octanol–water partition coefficient (Wildman–Crippen LogP) is -0.326. The van der Waals surface area contributed by atoms with Crippen molar-refractivity contribution >= 4 is 18.0 Å². The van der Waals surface area contributed by atoms with Crippen molar-refractivity contribution in [2.75, 3.05) is 32.8 Å². The first kappa shape index (κ1) is 14.0. The molecular weight excluding hydrogens is 240 g/mol. The fourth-order valence-corrected chi connectivity index (χ4v) is 1.28. The van der Waals surface area contributed by atoms with Crippen molar-refractivity contribution in [1.82, 2.24) is 10.2 Å². The molecule has 1 N–H and O–H groups in total. The molecule has 18 heavy (non-hydrogen) atoms. The maximum Gasteiger partial charge on any atom is 0.344 e. The van der Waals surface area contributed by atoms with E-state index in [1.54, 1.807) is 0 Å². The first-order chi connectivity index (χ1) is 8.50. The summed E-state index contributed by atoms with van der Waals surface area (Å²) in [7, 11) is 0. The van der Waals surface area contributed by atoms with Crippen LogP contribution in [-0.4, -0.2) is 55.7 Å². The van der Waals surface area contributed by atoms with E-state index in [-0.39, 0.29) is 18.2 Å². The van der Waals surface area contributed by atoms with Gasteiger partial charge in [-0.3, -0.25) is 0 Å². The van der Waals surface area contributed by atoms with Crippen LogP contribution < -0.4 is 5.32 Å². The third-order valence-corrected chi connectivity index (χ3v) is 2.24. The Hall–Kier alpha value is -2.05. The average Bonchev–Trinajstić information content (AvgIpc) is 2.72. The van der Waals surface area contributed by atoms with Crippen LogP contribution in [0, 0.1) is 0 Å². The summed E-state index contributed by atoms with van der Waals surface area (Å²) in [5, 5.41) is 2.63. The minimum Gasteiger partial charge on any atom is -0.461 e. The van der Waals surface area contributed by atoms with Gasteiger partial charge in [-0.05, 0) is 6.92 Å². The summed E-state index contributed by atoms with van der Waals surface area (Å²) in [5.41, 5.74) is 0.219. The van der Waals surface area contributed by atoms with Crippen LogP contribution >= 0.6 is 0 Å². The molecule has 0 radical (unpaired) electrons. The molecule has 1 rings (SSSR count). The lowest BCUT2D eigenvalue weighted by molar-refractivity contribution is -0.156. The van der Waals surface area contributed by atoms with Gasteiger partial charge in [0.2, 0.25) is 0 Å². The summed E-state index contributed by atoms with van der Waals surface area (Å²) < 4.78 is 9.42. The number of urea groups is 1. The number of nitrogens with one attached hydrogen (secondary N) is 1. The molecule has 1 heterocycles. The van der Waals surface area contributed by atoms with E-state index in [2.05, 4.69) is 16.6 Å². The molecule has 0 atom stereocenters. The van der Waals surface area contributed by atoms with Gasteiger partial charge in [-0.25, -0.2) is 14.4 Å². The van der Waals surface area contributed by atoms with Gasteiger partial charge in [0, 0.05) is 18.7 Å². The second-order valence-electron chi connectivity index (χ2n) is 3.80. The van der Waals surface area contributed by atoms with Gasteiger partial charge in [-0.2, -0.15) is 0 Å². The molecular formula is C11H16N2O5. The Morgan fingerprint density at radius 1 is 1.44 bits per heavy atom. The first-order valence-corrected chi connectivity index (χ1v) is 5.51. The van der Waals surface area contributed by atoms with Crippen LogP contribution in [0.4, 0.5) is 4.79 Å². The SMILES string of the molecule is C=C(C)C(=O)OCC(=O)OCCN1CCNC1=O. The van der Waals surface area contributed by atoms with E-state index in [0.29, 0.717) is 19.6 Å². The van der Waals surface area contributed by atoms with Crippen LogP contribution in [0.2, 0.25) is 0 Å². The zero-order valence-corrected chi connectivity index (χ0v) is 10.2. The smallest absolute Gasteiger partial charge is 0.344 e. The molecule has 0 aromatic carbocycles. The van der Waals surface area contributed by atoms with Crippen LogP contribution in [0.15, 0.2) is 12.2 Å². The first-order valence-electron chi connectivity index (χ1n) is 5.51. The van der Waals surface area contributed by atoms with Gasteiger partial charge < -0.3 is 19.7 Å². The molecule has 0 unspecified atom stereocenters. The van der Waals surface area contributed by atoms with Crippen LogP contribution in [0.1, 0.15) is 6.92 Å². The summed E-state index contributed by atoms with van der Waals surface area (Å²) in [6.07, 6.45) is 0. The highest BCUT2D eigenvalue weighted by atomic mass is 16.6. The molecule has 7 nitrogen and oxygen atoms in total. The average molecular weight is 256 g/mol. The van der Waals surface area contributed by atoms with E-state index >= 15 is 0 Å². The lowest BCUT2D eigenvalue weighted by Crippen LogP contribution is -2.32. The van der Waals surface area contributed by atoms with E-state index in [0.717, 1.165) is 0 Å². The summed E-state index contributed by atoms with van der Waals surface area (Å²) >= 11 is 0. The molecule has 0 bridgehead atoms. The summed E-state index contributed by atoms with van der Waals surface area (Å²) in [5.74, 6) is -1.28. The van der Waals surface area contributed by atoms with Gasteiger partial charge in [0.1, 0.15) is 6.61 Å². The molecule has 0 aromatic rings. The number of ether oxygens (including phenoxy) is 2. The van der Waals surface area contributed by atoms with Crippen LogP contribution in [0.5, 0.6) is 0 Å². The number of amides is 2. The number of rotatable bonds is 6. The van der Waals surface area contributed by atoms with E-state index < -0.39 is 18.5 Å². The highest BCUT2D eigenvalue weighted by molar-refractivity contribution is 5.88. The number of nitrogens with zero attached hydrogens (tertiary/aromatic N) is 1. The molecule has 0 aromatic heterocycles. The highest BCUT2D eigenvalue weighted by Gasteiger charge is 2.19. The molecule has 1 saturated heterocycles. The minimum absolute atomic E-state index is 0.0802. The standard InChI is InChI=1S/C11H16N2O5/c1-8(2)10(15)18-7-9(14)17-6-5-13-4-3-12-11(13)16/h1,3-7H2,2H3,(H,12,16). The van der Waals surface area contributed by atoms with E-state index in [9.17, 15) is 14.4 Å². The Labute approximate surface area is 105 Å². The number of hydrogen-bond donors (Lipinski definition) is 1. The molecule has 0 spiro atoms. The lowest BCUT2D eigenvalue weighted by Gasteiger charge is -2.13. The topological polar surface area (TPSA) is 84.9 Å². The van der Waals surface area contributed by atoms with Crippen molar-refractivity contribution in [1.29, 1.82) is 0 Å². The van der Waals surface area contributed by atoms with Gasteiger partial charge in [0.05, 0.1) is 6.54 Å². The largest absolute Gasteiger partial charge is 0.461 e. The second kappa shape index (κ2) is 6.63. The zero-order valence-electron chi connectivity index (χ0n) is 10.2. The molecule has 2 amide bonds. The third-order valence-electron chi connectivity index (χ3n) is 2.24. The molecule has 100 valence electrons.